The summed E-state index contributed by atoms with van der Waals surface area (Å²) in [4.78, 5) is 14.8. The first-order valence-electron chi connectivity index (χ1n) is 3.95. The van der Waals surface area contributed by atoms with Gasteiger partial charge in [0.05, 0.1) is 21.9 Å². The number of hydrogen-bond acceptors (Lipinski definition) is 4. The van der Waals surface area contributed by atoms with Gasteiger partial charge in [-0.2, -0.15) is 5.26 Å². The highest BCUT2D eigenvalue weighted by molar-refractivity contribution is 8.00. The maximum atomic E-state index is 10.8. The Kier molecular flexibility index (Phi) is 3.48. The van der Waals surface area contributed by atoms with E-state index >= 15 is 0 Å². The number of nitriles is 1. The fourth-order valence-corrected chi connectivity index (χ4v) is 1.58. The van der Waals surface area contributed by atoms with Crippen molar-refractivity contribution in [3.05, 3.63) is 23.9 Å². The molecule has 0 aromatic carbocycles. The van der Waals surface area contributed by atoms with Crippen molar-refractivity contribution in [3.8, 4) is 6.07 Å². The lowest BCUT2D eigenvalue weighted by Crippen LogP contribution is -2.22. The molecule has 0 aliphatic carbocycles. The van der Waals surface area contributed by atoms with Gasteiger partial charge in [-0.3, -0.25) is 4.79 Å². The van der Waals surface area contributed by atoms with Crippen LogP contribution in [0.4, 0.5) is 0 Å². The summed E-state index contributed by atoms with van der Waals surface area (Å²) in [5, 5.41) is 8.92. The van der Waals surface area contributed by atoms with Crippen LogP contribution in [0.25, 0.3) is 0 Å². The molecule has 0 aliphatic heterocycles. The van der Waals surface area contributed by atoms with E-state index < -0.39 is 0 Å². The number of aromatic nitrogens is 1. The third kappa shape index (κ3) is 2.75. The fourth-order valence-electron chi connectivity index (χ4n) is 0.783. The molecule has 0 bridgehead atoms. The quantitative estimate of drug-likeness (QED) is 0.747. The van der Waals surface area contributed by atoms with Crippen molar-refractivity contribution in [3.63, 3.8) is 0 Å². The lowest BCUT2D eigenvalue weighted by molar-refractivity contribution is -0.117. The molecule has 1 amide bonds. The first-order chi connectivity index (χ1) is 6.63. The van der Waals surface area contributed by atoms with E-state index in [1.165, 1.54) is 18.0 Å². The second-order valence-corrected chi connectivity index (χ2v) is 4.02. The smallest absolute Gasteiger partial charge is 0.230 e. The first kappa shape index (κ1) is 10.5. The summed E-state index contributed by atoms with van der Waals surface area (Å²) in [7, 11) is 0. The fraction of sp³-hybridized carbons (Fsp3) is 0.222. The molecular formula is C9H9N3OS. The van der Waals surface area contributed by atoms with Crippen LogP contribution in [0.15, 0.2) is 23.4 Å². The number of rotatable bonds is 3. The molecule has 1 aromatic heterocycles. The molecule has 0 fully saturated rings. The van der Waals surface area contributed by atoms with Gasteiger partial charge in [0.25, 0.3) is 0 Å². The number of hydrogen-bond donors (Lipinski definition) is 1. The normalized spacial score (nSPS) is 11.7. The van der Waals surface area contributed by atoms with E-state index in [2.05, 4.69) is 4.98 Å². The van der Waals surface area contributed by atoms with Gasteiger partial charge >= 0.3 is 0 Å². The molecule has 5 heteroatoms. The molecule has 0 aliphatic rings. The maximum absolute atomic E-state index is 10.8. The number of thioether (sulfide) groups is 1. The van der Waals surface area contributed by atoms with Crippen LogP contribution < -0.4 is 5.73 Å². The lowest BCUT2D eigenvalue weighted by atomic mass is 10.3. The third-order valence-corrected chi connectivity index (χ3v) is 2.61. The molecule has 1 unspecified atom stereocenters. The van der Waals surface area contributed by atoms with E-state index in [0.29, 0.717) is 10.6 Å². The maximum Gasteiger partial charge on any atom is 0.230 e. The number of carbonyl (C=O) groups excluding carboxylic acids is 1. The van der Waals surface area contributed by atoms with Crippen LogP contribution in [0.5, 0.6) is 0 Å². The summed E-state index contributed by atoms with van der Waals surface area (Å²) < 4.78 is 0. The molecule has 0 saturated carbocycles. The number of carbonyl (C=O) groups is 1. The molecule has 1 rings (SSSR count). The van der Waals surface area contributed by atoms with Crippen molar-refractivity contribution < 1.29 is 4.79 Å². The Hall–Kier alpha value is -1.54. The Bertz CT molecular complexity index is 386. The van der Waals surface area contributed by atoms with Crippen molar-refractivity contribution in [2.75, 3.05) is 0 Å². The number of primary amides is 1. The molecule has 0 radical (unpaired) electrons. The second-order valence-electron chi connectivity index (χ2n) is 2.66. The largest absolute Gasteiger partial charge is 0.369 e. The zero-order chi connectivity index (χ0) is 10.6. The Balaban J connectivity index is 2.78. The Morgan fingerprint density at radius 2 is 2.50 bits per heavy atom. The van der Waals surface area contributed by atoms with Crippen LogP contribution >= 0.6 is 11.8 Å². The highest BCUT2D eigenvalue weighted by Gasteiger charge is 2.11. The number of nitrogens with zero attached hydrogens (tertiary/aromatic N) is 2. The molecule has 1 heterocycles. The molecule has 1 atom stereocenters. The summed E-state index contributed by atoms with van der Waals surface area (Å²) in [5.74, 6) is -0.390. The highest BCUT2D eigenvalue weighted by Crippen LogP contribution is 2.20. The van der Waals surface area contributed by atoms with Gasteiger partial charge in [0, 0.05) is 6.20 Å². The van der Waals surface area contributed by atoms with Gasteiger partial charge in [0.1, 0.15) is 0 Å². The van der Waals surface area contributed by atoms with Gasteiger partial charge in [0.2, 0.25) is 5.91 Å². The molecule has 0 saturated heterocycles. The van der Waals surface area contributed by atoms with Crippen LogP contribution in [0.2, 0.25) is 0 Å². The molecule has 0 spiro atoms. The highest BCUT2D eigenvalue weighted by atomic mass is 32.2. The van der Waals surface area contributed by atoms with Gasteiger partial charge in [-0.15, -0.1) is 0 Å². The summed E-state index contributed by atoms with van der Waals surface area (Å²) in [5.41, 5.74) is 5.63. The SMILES string of the molecule is CC(Sc1cc(C#N)ccn1)C(N)=O. The molecule has 1 aromatic rings. The van der Waals surface area contributed by atoms with E-state index in [-0.39, 0.29) is 11.2 Å². The average Bonchev–Trinajstić information content (AvgIpc) is 2.18. The van der Waals surface area contributed by atoms with E-state index in [9.17, 15) is 4.79 Å². The van der Waals surface area contributed by atoms with Crippen LogP contribution in [0, 0.1) is 11.3 Å². The van der Waals surface area contributed by atoms with Crippen LogP contribution in [0.3, 0.4) is 0 Å². The Morgan fingerprint density at radius 1 is 1.79 bits per heavy atom. The molecule has 72 valence electrons. The van der Waals surface area contributed by atoms with Crippen molar-refractivity contribution in [2.45, 2.75) is 17.2 Å². The standard InChI is InChI=1S/C9H9N3OS/c1-6(9(11)13)14-8-4-7(5-10)2-3-12-8/h2-4,6H,1H3,(H2,11,13). The van der Waals surface area contributed by atoms with Gasteiger partial charge in [-0.1, -0.05) is 11.8 Å². The Morgan fingerprint density at radius 3 is 3.07 bits per heavy atom. The van der Waals surface area contributed by atoms with Crippen molar-refractivity contribution in [2.24, 2.45) is 5.73 Å². The summed E-state index contributed by atoms with van der Waals surface area (Å²) >= 11 is 1.24. The van der Waals surface area contributed by atoms with Crippen molar-refractivity contribution in [1.29, 1.82) is 5.26 Å². The van der Waals surface area contributed by atoms with Gasteiger partial charge < -0.3 is 5.73 Å². The second kappa shape index (κ2) is 4.63. The summed E-state index contributed by atoms with van der Waals surface area (Å²) in [6.45, 7) is 1.70. The number of amides is 1. The Labute approximate surface area is 86.1 Å². The molecule has 4 nitrogen and oxygen atoms in total. The van der Waals surface area contributed by atoms with Crippen LogP contribution in [0.1, 0.15) is 12.5 Å². The summed E-state index contributed by atoms with van der Waals surface area (Å²) in [6.07, 6.45) is 1.54. The lowest BCUT2D eigenvalue weighted by Gasteiger charge is -2.05. The van der Waals surface area contributed by atoms with E-state index in [1.807, 2.05) is 6.07 Å². The van der Waals surface area contributed by atoms with E-state index in [1.54, 1.807) is 19.1 Å². The summed E-state index contributed by atoms with van der Waals surface area (Å²) in [6, 6.07) is 5.24. The van der Waals surface area contributed by atoms with Gasteiger partial charge in [0.15, 0.2) is 0 Å². The molecule has 2 N–H and O–H groups in total. The van der Waals surface area contributed by atoms with Gasteiger partial charge in [-0.25, -0.2) is 4.98 Å². The van der Waals surface area contributed by atoms with E-state index in [0.717, 1.165) is 0 Å². The first-order valence-corrected chi connectivity index (χ1v) is 4.83. The minimum absolute atomic E-state index is 0.337. The minimum Gasteiger partial charge on any atom is -0.369 e. The van der Waals surface area contributed by atoms with Crippen molar-refractivity contribution in [1.82, 2.24) is 4.98 Å². The molecular weight excluding hydrogens is 198 g/mol. The van der Waals surface area contributed by atoms with Crippen LogP contribution in [-0.2, 0) is 4.79 Å². The third-order valence-electron chi connectivity index (χ3n) is 1.56. The topological polar surface area (TPSA) is 79.8 Å². The zero-order valence-electron chi connectivity index (χ0n) is 7.60. The minimum atomic E-state index is -0.390. The predicted molar refractivity (Wildman–Crippen MR) is 53.5 cm³/mol. The molecule has 14 heavy (non-hydrogen) atoms. The van der Waals surface area contributed by atoms with Crippen molar-refractivity contribution >= 4 is 17.7 Å². The zero-order valence-corrected chi connectivity index (χ0v) is 8.41. The van der Waals surface area contributed by atoms with Crippen LogP contribution in [-0.4, -0.2) is 16.1 Å². The average molecular weight is 207 g/mol. The number of pyridine rings is 1. The van der Waals surface area contributed by atoms with E-state index in [4.69, 9.17) is 11.0 Å². The number of nitrogens with two attached hydrogens (primary N) is 1. The van der Waals surface area contributed by atoms with Gasteiger partial charge in [-0.05, 0) is 19.1 Å². The monoisotopic (exact) mass is 207 g/mol. The predicted octanol–water partition coefficient (Wildman–Crippen LogP) is 0.919.